The van der Waals surface area contributed by atoms with Crippen LogP contribution in [0.1, 0.15) is 13.3 Å². The maximum absolute atomic E-state index is 12.2. The lowest BCUT2D eigenvalue weighted by Crippen LogP contribution is -2.57. The van der Waals surface area contributed by atoms with Crippen molar-refractivity contribution in [1.29, 1.82) is 0 Å². The number of carbonyl (C=O) groups excluding carboxylic acids is 3. The number of nitrogens with one attached hydrogen (secondary N) is 3. The second-order valence-corrected chi connectivity index (χ2v) is 7.16. The number of carboxylic acids is 1. The van der Waals surface area contributed by atoms with Gasteiger partial charge in [0.05, 0.1) is 6.04 Å². The number of carboxylic acid groups (broad SMARTS) is 1. The summed E-state index contributed by atoms with van der Waals surface area (Å²) in [5.41, 5.74) is 5.75. The summed E-state index contributed by atoms with van der Waals surface area (Å²) in [7, 11) is 0. The first-order valence-electron chi connectivity index (χ1n) is 7.78. The van der Waals surface area contributed by atoms with E-state index in [9.17, 15) is 19.2 Å². The van der Waals surface area contributed by atoms with Gasteiger partial charge in [-0.2, -0.15) is 37.0 Å². The molecule has 0 aliphatic heterocycles. The lowest BCUT2D eigenvalue weighted by molar-refractivity contribution is -0.141. The van der Waals surface area contributed by atoms with Crippen molar-refractivity contribution >= 4 is 60.7 Å². The largest absolute Gasteiger partial charge is 0.480 e. The van der Waals surface area contributed by atoms with E-state index in [2.05, 4.69) is 41.2 Å². The number of amides is 3. The van der Waals surface area contributed by atoms with Crippen molar-refractivity contribution in [3.8, 4) is 0 Å². The highest BCUT2D eigenvalue weighted by Gasteiger charge is 2.27. The standard InChI is InChI=1S/C14H26N4O5S3/c1-7(11(19)18-10(6-25)14(22)23)16-13(21)9(5-24)17-12(20)8(15)3-4-26-2/h7-10,24-25H,3-6,15H2,1-2H3,(H,16,21)(H,17,20)(H,18,19)(H,22,23). The van der Waals surface area contributed by atoms with E-state index < -0.39 is 47.9 Å². The lowest BCUT2D eigenvalue weighted by Gasteiger charge is -2.22. The smallest absolute Gasteiger partial charge is 0.327 e. The van der Waals surface area contributed by atoms with Crippen LogP contribution in [0.15, 0.2) is 0 Å². The maximum Gasteiger partial charge on any atom is 0.327 e. The highest BCUT2D eigenvalue weighted by Crippen LogP contribution is 2.00. The average molecular weight is 427 g/mol. The fraction of sp³-hybridized carbons (Fsp3) is 0.714. The SMILES string of the molecule is CSCCC(N)C(=O)NC(CS)C(=O)NC(C)C(=O)NC(CS)C(=O)O. The molecule has 26 heavy (non-hydrogen) atoms. The molecule has 0 saturated heterocycles. The third-order valence-corrected chi connectivity index (χ3v) is 4.71. The number of hydrogen-bond acceptors (Lipinski definition) is 8. The molecular formula is C14H26N4O5S3. The Morgan fingerprint density at radius 2 is 1.54 bits per heavy atom. The quantitative estimate of drug-likeness (QED) is 0.187. The zero-order valence-electron chi connectivity index (χ0n) is 14.6. The van der Waals surface area contributed by atoms with E-state index in [-0.39, 0.29) is 11.5 Å². The Kier molecular flexibility index (Phi) is 12.6. The maximum atomic E-state index is 12.2. The molecule has 0 rings (SSSR count). The number of rotatable bonds is 12. The Hall–Kier alpha value is -1.11. The van der Waals surface area contributed by atoms with Crippen molar-refractivity contribution in [3.05, 3.63) is 0 Å². The zero-order chi connectivity index (χ0) is 20.3. The van der Waals surface area contributed by atoms with Gasteiger partial charge in [-0.3, -0.25) is 14.4 Å². The summed E-state index contributed by atoms with van der Waals surface area (Å²) < 4.78 is 0. The highest BCUT2D eigenvalue weighted by molar-refractivity contribution is 7.98. The molecule has 0 aromatic rings. The van der Waals surface area contributed by atoms with Crippen LogP contribution in [-0.2, 0) is 19.2 Å². The van der Waals surface area contributed by atoms with Crippen LogP contribution in [0.25, 0.3) is 0 Å². The van der Waals surface area contributed by atoms with Crippen molar-refractivity contribution in [3.63, 3.8) is 0 Å². The monoisotopic (exact) mass is 426 g/mol. The van der Waals surface area contributed by atoms with Gasteiger partial charge in [-0.25, -0.2) is 4.79 Å². The van der Waals surface area contributed by atoms with E-state index >= 15 is 0 Å². The molecule has 0 fully saturated rings. The van der Waals surface area contributed by atoms with Crippen LogP contribution < -0.4 is 21.7 Å². The van der Waals surface area contributed by atoms with Crippen LogP contribution in [0.3, 0.4) is 0 Å². The summed E-state index contributed by atoms with van der Waals surface area (Å²) in [5.74, 6) is -2.38. The summed E-state index contributed by atoms with van der Waals surface area (Å²) in [6.07, 6.45) is 2.36. The summed E-state index contributed by atoms with van der Waals surface area (Å²) >= 11 is 9.43. The molecular weight excluding hydrogens is 400 g/mol. The number of aliphatic carboxylic acids is 1. The van der Waals surface area contributed by atoms with Gasteiger partial charge in [0.1, 0.15) is 18.1 Å². The van der Waals surface area contributed by atoms with Crippen LogP contribution in [0.2, 0.25) is 0 Å². The molecule has 3 amide bonds. The Labute approximate surface area is 167 Å². The predicted octanol–water partition coefficient (Wildman–Crippen LogP) is -1.51. The fourth-order valence-corrected chi connectivity index (χ4v) is 2.70. The van der Waals surface area contributed by atoms with Gasteiger partial charge in [0, 0.05) is 11.5 Å². The third-order valence-electron chi connectivity index (χ3n) is 3.33. The summed E-state index contributed by atoms with van der Waals surface area (Å²) in [6.45, 7) is 1.40. The second-order valence-electron chi connectivity index (χ2n) is 5.44. The molecule has 0 aliphatic rings. The van der Waals surface area contributed by atoms with Gasteiger partial charge in [-0.05, 0) is 25.4 Å². The normalized spacial score (nSPS) is 15.3. The van der Waals surface area contributed by atoms with Crippen LogP contribution in [0.4, 0.5) is 0 Å². The number of hydrogen-bond donors (Lipinski definition) is 7. The van der Waals surface area contributed by atoms with Gasteiger partial charge in [-0.1, -0.05) is 0 Å². The number of carbonyl (C=O) groups is 4. The van der Waals surface area contributed by atoms with Crippen LogP contribution in [0, 0.1) is 0 Å². The molecule has 0 aromatic heterocycles. The number of thioether (sulfide) groups is 1. The molecule has 0 bridgehead atoms. The predicted molar refractivity (Wildman–Crippen MR) is 108 cm³/mol. The summed E-state index contributed by atoms with van der Waals surface area (Å²) in [4.78, 5) is 47.1. The van der Waals surface area contributed by atoms with Crippen LogP contribution in [0.5, 0.6) is 0 Å². The lowest BCUT2D eigenvalue weighted by atomic mass is 10.2. The molecule has 0 spiro atoms. The Morgan fingerprint density at radius 1 is 1.00 bits per heavy atom. The molecule has 0 aliphatic carbocycles. The molecule has 150 valence electrons. The van der Waals surface area contributed by atoms with E-state index in [1.54, 1.807) is 11.8 Å². The molecule has 0 aromatic carbocycles. The minimum atomic E-state index is -1.23. The second kappa shape index (κ2) is 13.1. The van der Waals surface area contributed by atoms with Gasteiger partial charge in [-0.15, -0.1) is 0 Å². The van der Waals surface area contributed by atoms with Gasteiger partial charge < -0.3 is 26.8 Å². The minimum Gasteiger partial charge on any atom is -0.480 e. The van der Waals surface area contributed by atoms with Gasteiger partial charge >= 0.3 is 5.97 Å². The zero-order valence-corrected chi connectivity index (χ0v) is 17.2. The van der Waals surface area contributed by atoms with Crippen molar-refractivity contribution in [2.75, 3.05) is 23.5 Å². The molecule has 0 saturated carbocycles. The molecule has 4 unspecified atom stereocenters. The first-order valence-corrected chi connectivity index (χ1v) is 10.4. The average Bonchev–Trinajstić information content (AvgIpc) is 2.60. The van der Waals surface area contributed by atoms with Crippen molar-refractivity contribution < 1.29 is 24.3 Å². The van der Waals surface area contributed by atoms with E-state index in [1.807, 2.05) is 6.26 Å². The van der Waals surface area contributed by atoms with Crippen LogP contribution in [-0.4, -0.2) is 76.5 Å². The Bertz CT molecular complexity index is 509. The molecule has 0 radical (unpaired) electrons. The van der Waals surface area contributed by atoms with Crippen LogP contribution >= 0.6 is 37.0 Å². The molecule has 9 nitrogen and oxygen atoms in total. The minimum absolute atomic E-state index is 0.00948. The van der Waals surface area contributed by atoms with Crippen molar-refractivity contribution in [1.82, 2.24) is 16.0 Å². The van der Waals surface area contributed by atoms with Gasteiger partial charge in [0.25, 0.3) is 0 Å². The molecule has 4 atom stereocenters. The van der Waals surface area contributed by atoms with E-state index in [0.717, 1.165) is 0 Å². The summed E-state index contributed by atoms with van der Waals surface area (Å²) in [6, 6.07) is -3.89. The molecule has 6 N–H and O–H groups in total. The Morgan fingerprint density at radius 3 is 2.00 bits per heavy atom. The summed E-state index contributed by atoms with van der Waals surface area (Å²) in [5, 5.41) is 16.1. The first-order chi connectivity index (χ1) is 12.2. The van der Waals surface area contributed by atoms with Crippen molar-refractivity contribution in [2.45, 2.75) is 37.5 Å². The topological polar surface area (TPSA) is 151 Å². The van der Waals surface area contributed by atoms with E-state index in [1.165, 1.54) is 6.92 Å². The van der Waals surface area contributed by atoms with Gasteiger partial charge in [0.15, 0.2) is 0 Å². The molecule has 12 heteroatoms. The van der Waals surface area contributed by atoms with Crippen molar-refractivity contribution in [2.24, 2.45) is 5.73 Å². The fourth-order valence-electron chi connectivity index (χ4n) is 1.71. The van der Waals surface area contributed by atoms with Gasteiger partial charge in [0.2, 0.25) is 17.7 Å². The Balaban J connectivity index is 4.66. The first kappa shape index (κ1) is 24.9. The van der Waals surface area contributed by atoms with E-state index in [0.29, 0.717) is 12.2 Å². The number of nitrogens with two attached hydrogens (primary N) is 1. The van der Waals surface area contributed by atoms with E-state index in [4.69, 9.17) is 10.8 Å². The number of thiol groups is 2. The highest BCUT2D eigenvalue weighted by atomic mass is 32.2. The third kappa shape index (κ3) is 9.01. The molecule has 0 heterocycles.